The highest BCUT2D eigenvalue weighted by atomic mass is 19.4. The van der Waals surface area contributed by atoms with Crippen LogP contribution in [0.2, 0.25) is 0 Å². The first-order chi connectivity index (χ1) is 20.1. The number of carboxylic acid groups (broad SMARTS) is 1. The number of esters is 2. The van der Waals surface area contributed by atoms with Crippen LogP contribution in [0.4, 0.5) is 26.3 Å². The molecule has 0 aliphatic heterocycles. The van der Waals surface area contributed by atoms with E-state index in [1.165, 1.54) is 19.2 Å². The highest BCUT2D eigenvalue weighted by Crippen LogP contribution is 2.31. The average Bonchev–Trinajstić information content (AvgIpc) is 2.96. The minimum Gasteiger partial charge on any atom is -0.496 e. The number of aliphatic carboxylic acids is 1. The zero-order valence-electron chi connectivity index (χ0n) is 21.9. The van der Waals surface area contributed by atoms with Gasteiger partial charge in [0.05, 0.1) is 29.4 Å². The van der Waals surface area contributed by atoms with E-state index in [2.05, 4.69) is 5.32 Å². The Balaban J connectivity index is 1.95. The summed E-state index contributed by atoms with van der Waals surface area (Å²) in [5.74, 6) is -6.35. The lowest BCUT2D eigenvalue weighted by Gasteiger charge is -2.24. The molecule has 228 valence electrons. The van der Waals surface area contributed by atoms with Gasteiger partial charge in [0, 0.05) is 12.1 Å². The molecule has 0 aliphatic rings. The van der Waals surface area contributed by atoms with Crippen molar-refractivity contribution in [3.8, 4) is 5.75 Å². The Hall–Kier alpha value is -5.08. The quantitative estimate of drug-likeness (QED) is 0.245. The maximum absolute atomic E-state index is 13.2. The fourth-order valence-electron chi connectivity index (χ4n) is 3.64. The number of carbonyl (C=O) groups is 4. The van der Waals surface area contributed by atoms with Gasteiger partial charge in [0.1, 0.15) is 5.75 Å². The minimum atomic E-state index is -4.87. The normalized spacial score (nSPS) is 12.9. The second-order valence-electron chi connectivity index (χ2n) is 8.68. The van der Waals surface area contributed by atoms with Crippen LogP contribution in [0.25, 0.3) is 0 Å². The molecule has 0 unspecified atom stereocenters. The van der Waals surface area contributed by atoms with Crippen LogP contribution in [-0.4, -0.2) is 48.2 Å². The van der Waals surface area contributed by atoms with Crippen LogP contribution in [0.1, 0.15) is 37.4 Å². The number of methoxy groups -OCH3 is 1. The summed E-state index contributed by atoms with van der Waals surface area (Å²) in [5, 5.41) is 12.0. The Bertz CT molecular complexity index is 1500. The van der Waals surface area contributed by atoms with Gasteiger partial charge in [-0.1, -0.05) is 30.3 Å². The summed E-state index contributed by atoms with van der Waals surface area (Å²) in [4.78, 5) is 50.7. The van der Waals surface area contributed by atoms with Crippen molar-refractivity contribution in [1.82, 2.24) is 5.32 Å². The first-order valence-electron chi connectivity index (χ1n) is 12.0. The van der Waals surface area contributed by atoms with Crippen LogP contribution in [-0.2, 0) is 38.0 Å². The number of hydrogen-bond acceptors (Lipinski definition) is 7. The molecule has 9 nitrogen and oxygen atoms in total. The Kier molecular flexibility index (Phi) is 10.0. The summed E-state index contributed by atoms with van der Waals surface area (Å²) in [6.07, 6.45) is -14.9. The van der Waals surface area contributed by atoms with Crippen LogP contribution in [0.5, 0.6) is 5.75 Å². The predicted molar refractivity (Wildman–Crippen MR) is 134 cm³/mol. The molecule has 0 aliphatic carbocycles. The minimum absolute atomic E-state index is 0.297. The van der Waals surface area contributed by atoms with Gasteiger partial charge >= 0.3 is 30.3 Å². The van der Waals surface area contributed by atoms with E-state index in [4.69, 9.17) is 14.2 Å². The van der Waals surface area contributed by atoms with Gasteiger partial charge in [-0.2, -0.15) is 26.3 Å². The van der Waals surface area contributed by atoms with Gasteiger partial charge in [-0.25, -0.2) is 14.4 Å². The summed E-state index contributed by atoms with van der Waals surface area (Å²) < 4.78 is 93.7. The van der Waals surface area contributed by atoms with Gasteiger partial charge in [-0.3, -0.25) is 4.79 Å². The molecule has 15 heteroatoms. The number of hydrogen-bond donors (Lipinski definition) is 2. The molecule has 2 atom stereocenters. The van der Waals surface area contributed by atoms with Crippen molar-refractivity contribution < 1.29 is 64.8 Å². The third-order valence-electron chi connectivity index (χ3n) is 5.74. The molecule has 0 aromatic heterocycles. The molecule has 3 aromatic carbocycles. The SMILES string of the molecule is COc1ccccc1CNC(=O)[C@H](OC(=O)c1cccc(C(F)(F)F)c1)[C@@H](OC(=O)c1cccc(C(F)(F)F)c1)C(=O)O. The van der Waals surface area contributed by atoms with Crippen molar-refractivity contribution in [2.24, 2.45) is 0 Å². The van der Waals surface area contributed by atoms with E-state index >= 15 is 0 Å². The molecule has 0 saturated heterocycles. The standard InChI is InChI=1S/C28H21F6NO8/c1-41-20-11-3-2-6-17(20)14-35-23(36)21(42-25(39)15-7-4-9-18(12-15)27(29,30)31)22(24(37)38)43-26(40)16-8-5-10-19(13-16)28(32,33)34/h2-13,21-22H,14H2,1H3,(H,35,36)(H,37,38)/t21-,22-/m1/s1. The fraction of sp³-hybridized carbons (Fsp3) is 0.214. The van der Waals surface area contributed by atoms with Crippen molar-refractivity contribution in [3.05, 3.63) is 101 Å². The van der Waals surface area contributed by atoms with Gasteiger partial charge in [0.25, 0.3) is 5.91 Å². The predicted octanol–water partition coefficient (Wildman–Crippen LogP) is 4.88. The van der Waals surface area contributed by atoms with Crippen LogP contribution >= 0.6 is 0 Å². The first-order valence-corrected chi connectivity index (χ1v) is 12.0. The van der Waals surface area contributed by atoms with Crippen LogP contribution in [0.15, 0.2) is 72.8 Å². The number of nitrogens with one attached hydrogen (secondary N) is 1. The van der Waals surface area contributed by atoms with Crippen molar-refractivity contribution >= 4 is 23.8 Å². The maximum atomic E-state index is 13.2. The number of carboxylic acids is 1. The highest BCUT2D eigenvalue weighted by molar-refractivity contribution is 5.97. The third-order valence-corrected chi connectivity index (χ3v) is 5.74. The molecule has 2 N–H and O–H groups in total. The monoisotopic (exact) mass is 613 g/mol. The molecule has 0 fully saturated rings. The Morgan fingerprint density at radius 2 is 1.23 bits per heavy atom. The second kappa shape index (κ2) is 13.3. The van der Waals surface area contributed by atoms with Gasteiger partial charge in [-0.05, 0) is 42.5 Å². The number of carbonyl (C=O) groups excluding carboxylic acids is 3. The molecule has 0 spiro atoms. The lowest BCUT2D eigenvalue weighted by atomic mass is 10.1. The van der Waals surface area contributed by atoms with Crippen molar-refractivity contribution in [3.63, 3.8) is 0 Å². The van der Waals surface area contributed by atoms with Crippen molar-refractivity contribution in [1.29, 1.82) is 0 Å². The fourth-order valence-corrected chi connectivity index (χ4v) is 3.64. The van der Waals surface area contributed by atoms with Gasteiger partial charge in [0.15, 0.2) is 0 Å². The number of amides is 1. The summed E-state index contributed by atoms with van der Waals surface area (Å²) in [6.45, 7) is -0.339. The summed E-state index contributed by atoms with van der Waals surface area (Å²) in [7, 11) is 1.33. The van der Waals surface area contributed by atoms with Gasteiger partial charge in [0.2, 0.25) is 12.2 Å². The number of alkyl halides is 6. The molecular formula is C28H21F6NO8. The second-order valence-corrected chi connectivity index (χ2v) is 8.68. The zero-order chi connectivity index (χ0) is 31.9. The molecule has 0 saturated carbocycles. The number of benzene rings is 3. The number of rotatable bonds is 10. The van der Waals surface area contributed by atoms with E-state index in [-0.39, 0.29) is 6.54 Å². The molecule has 3 rings (SSSR count). The van der Waals surface area contributed by atoms with Gasteiger partial charge in [-0.15, -0.1) is 0 Å². The highest BCUT2D eigenvalue weighted by Gasteiger charge is 2.41. The molecule has 0 bridgehead atoms. The van der Waals surface area contributed by atoms with E-state index in [9.17, 15) is 50.6 Å². The largest absolute Gasteiger partial charge is 0.496 e. The molecular weight excluding hydrogens is 592 g/mol. The topological polar surface area (TPSA) is 128 Å². The van der Waals surface area contributed by atoms with E-state index < -0.39 is 70.6 Å². The van der Waals surface area contributed by atoms with Crippen LogP contribution < -0.4 is 10.1 Å². The van der Waals surface area contributed by atoms with E-state index in [0.717, 1.165) is 24.3 Å². The maximum Gasteiger partial charge on any atom is 0.416 e. The summed E-state index contributed by atoms with van der Waals surface area (Å²) in [5.41, 5.74) is -3.64. The first kappa shape index (κ1) is 32.4. The lowest BCUT2D eigenvalue weighted by Crippen LogP contribution is -2.50. The summed E-state index contributed by atoms with van der Waals surface area (Å²) >= 11 is 0. The van der Waals surface area contributed by atoms with Crippen molar-refractivity contribution in [2.45, 2.75) is 31.1 Å². The third kappa shape index (κ3) is 8.47. The Morgan fingerprint density at radius 3 is 1.70 bits per heavy atom. The molecule has 0 radical (unpaired) electrons. The summed E-state index contributed by atoms with van der Waals surface area (Å²) in [6, 6.07) is 11.7. The van der Waals surface area contributed by atoms with Crippen LogP contribution in [0.3, 0.4) is 0 Å². The van der Waals surface area contributed by atoms with E-state index in [1.807, 2.05) is 0 Å². The smallest absolute Gasteiger partial charge is 0.416 e. The molecule has 0 heterocycles. The number of halogens is 6. The Labute approximate surface area is 239 Å². The Morgan fingerprint density at radius 1 is 0.744 bits per heavy atom. The van der Waals surface area contributed by atoms with E-state index in [0.29, 0.717) is 35.6 Å². The molecule has 1 amide bonds. The van der Waals surface area contributed by atoms with E-state index in [1.54, 1.807) is 12.1 Å². The average molecular weight is 613 g/mol. The lowest BCUT2D eigenvalue weighted by molar-refractivity contribution is -0.159. The van der Waals surface area contributed by atoms with Crippen molar-refractivity contribution in [2.75, 3.05) is 7.11 Å². The zero-order valence-corrected chi connectivity index (χ0v) is 21.9. The molecule has 3 aromatic rings. The number of para-hydroxylation sites is 1. The molecule has 43 heavy (non-hydrogen) atoms. The van der Waals surface area contributed by atoms with Crippen LogP contribution in [0, 0.1) is 0 Å². The number of ether oxygens (including phenoxy) is 3. The van der Waals surface area contributed by atoms with Gasteiger partial charge < -0.3 is 24.6 Å².